The van der Waals surface area contributed by atoms with Gasteiger partial charge < -0.3 is 0 Å². The van der Waals surface area contributed by atoms with Gasteiger partial charge in [-0.1, -0.05) is 6.07 Å². The largest absolute Gasteiger partial charge is 0.299 e. The van der Waals surface area contributed by atoms with Gasteiger partial charge in [-0.25, -0.2) is 0 Å². The number of rotatable bonds is 4. The Morgan fingerprint density at radius 1 is 1.33 bits per heavy atom. The van der Waals surface area contributed by atoms with Gasteiger partial charge in [-0.15, -0.1) is 11.3 Å². The molecule has 18 heavy (non-hydrogen) atoms. The normalized spacial score (nSPS) is 29.2. The van der Waals surface area contributed by atoms with Crippen LogP contribution in [0.2, 0.25) is 0 Å². The van der Waals surface area contributed by atoms with E-state index in [2.05, 4.69) is 22.4 Å². The molecule has 1 saturated heterocycles. The van der Waals surface area contributed by atoms with Crippen molar-refractivity contribution in [3.63, 3.8) is 0 Å². The van der Waals surface area contributed by atoms with Crippen LogP contribution in [0.15, 0.2) is 17.5 Å². The molecule has 0 bridgehead atoms. The average molecular weight is 263 g/mol. The van der Waals surface area contributed by atoms with E-state index in [9.17, 15) is 4.79 Å². The highest BCUT2D eigenvalue weighted by Gasteiger charge is 2.37. The third-order valence-electron chi connectivity index (χ3n) is 4.46. The Morgan fingerprint density at radius 3 is 3.00 bits per heavy atom. The maximum atomic E-state index is 11.9. The second-order valence-corrected chi connectivity index (χ2v) is 6.57. The van der Waals surface area contributed by atoms with Crippen molar-refractivity contribution in [2.45, 2.75) is 44.6 Å². The van der Waals surface area contributed by atoms with Crippen molar-refractivity contribution < 1.29 is 4.79 Å². The SMILES string of the molecule is O=C1CCCC1C1CCCN1CCc1cccs1. The minimum absolute atomic E-state index is 0.357. The van der Waals surface area contributed by atoms with E-state index in [1.807, 2.05) is 11.3 Å². The molecule has 0 spiro atoms. The molecule has 2 nitrogen and oxygen atoms in total. The van der Waals surface area contributed by atoms with Crippen LogP contribution in [0.5, 0.6) is 0 Å². The maximum Gasteiger partial charge on any atom is 0.137 e. The predicted octanol–water partition coefficient (Wildman–Crippen LogP) is 3.12. The Bertz CT molecular complexity index is 401. The second kappa shape index (κ2) is 5.54. The summed E-state index contributed by atoms with van der Waals surface area (Å²) in [6, 6.07) is 4.90. The second-order valence-electron chi connectivity index (χ2n) is 5.54. The van der Waals surface area contributed by atoms with E-state index in [1.54, 1.807) is 0 Å². The van der Waals surface area contributed by atoms with Gasteiger partial charge in [-0.2, -0.15) is 0 Å². The Labute approximate surface area is 113 Å². The summed E-state index contributed by atoms with van der Waals surface area (Å²) in [6.07, 6.45) is 6.76. The minimum atomic E-state index is 0.357. The van der Waals surface area contributed by atoms with Crippen LogP contribution < -0.4 is 0 Å². The Kier molecular flexibility index (Phi) is 3.80. The van der Waals surface area contributed by atoms with Crippen molar-refractivity contribution in [2.24, 2.45) is 5.92 Å². The fourth-order valence-electron chi connectivity index (χ4n) is 3.54. The molecule has 3 rings (SSSR count). The van der Waals surface area contributed by atoms with Crippen LogP contribution in [-0.4, -0.2) is 29.8 Å². The molecule has 0 N–H and O–H groups in total. The zero-order valence-electron chi connectivity index (χ0n) is 10.8. The quantitative estimate of drug-likeness (QED) is 0.832. The number of hydrogen-bond acceptors (Lipinski definition) is 3. The van der Waals surface area contributed by atoms with Gasteiger partial charge in [0.25, 0.3) is 0 Å². The van der Waals surface area contributed by atoms with Gasteiger partial charge in [0.1, 0.15) is 5.78 Å². The number of Topliss-reactive ketones (excluding diaryl/α,β-unsaturated/α-hetero) is 1. The topological polar surface area (TPSA) is 20.3 Å². The van der Waals surface area contributed by atoms with Crippen molar-refractivity contribution in [1.29, 1.82) is 0 Å². The number of carbonyl (C=O) groups excluding carboxylic acids is 1. The molecular formula is C15H21NOS. The van der Waals surface area contributed by atoms with Gasteiger partial charge in [0.15, 0.2) is 0 Å². The minimum Gasteiger partial charge on any atom is -0.299 e. The highest BCUT2D eigenvalue weighted by atomic mass is 32.1. The van der Waals surface area contributed by atoms with Gasteiger partial charge in [-0.05, 0) is 50.1 Å². The van der Waals surface area contributed by atoms with E-state index in [0.717, 1.165) is 32.2 Å². The summed E-state index contributed by atoms with van der Waals surface area (Å²) in [4.78, 5) is 16.0. The van der Waals surface area contributed by atoms with Crippen LogP contribution >= 0.6 is 11.3 Å². The molecule has 1 aromatic heterocycles. The number of likely N-dealkylation sites (tertiary alicyclic amines) is 1. The number of nitrogens with zero attached hydrogens (tertiary/aromatic N) is 1. The lowest BCUT2D eigenvalue weighted by molar-refractivity contribution is -0.122. The van der Waals surface area contributed by atoms with Crippen LogP contribution in [0.3, 0.4) is 0 Å². The van der Waals surface area contributed by atoms with Crippen LogP contribution in [0.1, 0.15) is 37.0 Å². The summed E-state index contributed by atoms with van der Waals surface area (Å²) in [6.45, 7) is 2.33. The van der Waals surface area contributed by atoms with E-state index in [-0.39, 0.29) is 0 Å². The number of carbonyl (C=O) groups is 1. The molecule has 1 aromatic rings. The monoisotopic (exact) mass is 263 g/mol. The molecule has 3 heteroatoms. The summed E-state index contributed by atoms with van der Waals surface area (Å²) in [5.41, 5.74) is 0. The Hall–Kier alpha value is -0.670. The van der Waals surface area contributed by atoms with Gasteiger partial charge in [-0.3, -0.25) is 9.69 Å². The molecule has 2 atom stereocenters. The summed E-state index contributed by atoms with van der Waals surface area (Å²) in [5.74, 6) is 0.888. The third-order valence-corrected chi connectivity index (χ3v) is 5.39. The zero-order valence-corrected chi connectivity index (χ0v) is 11.6. The molecule has 2 fully saturated rings. The molecule has 2 heterocycles. The van der Waals surface area contributed by atoms with E-state index in [1.165, 1.54) is 24.3 Å². The van der Waals surface area contributed by atoms with Crippen LogP contribution in [0, 0.1) is 5.92 Å². The van der Waals surface area contributed by atoms with Crippen molar-refractivity contribution in [2.75, 3.05) is 13.1 Å². The molecule has 0 aromatic carbocycles. The van der Waals surface area contributed by atoms with Crippen LogP contribution in [0.25, 0.3) is 0 Å². The molecule has 0 radical (unpaired) electrons. The Balaban J connectivity index is 1.59. The highest BCUT2D eigenvalue weighted by molar-refractivity contribution is 7.09. The highest BCUT2D eigenvalue weighted by Crippen LogP contribution is 2.33. The summed E-state index contributed by atoms with van der Waals surface area (Å²) in [5, 5.41) is 2.15. The first kappa shape index (κ1) is 12.4. The lowest BCUT2D eigenvalue weighted by atomic mass is 9.95. The molecule has 0 amide bonds. The van der Waals surface area contributed by atoms with E-state index < -0.39 is 0 Å². The van der Waals surface area contributed by atoms with E-state index in [4.69, 9.17) is 0 Å². The molecule has 1 aliphatic heterocycles. The van der Waals surface area contributed by atoms with Crippen molar-refractivity contribution >= 4 is 17.1 Å². The predicted molar refractivity (Wildman–Crippen MR) is 75.0 cm³/mol. The molecular weight excluding hydrogens is 242 g/mol. The fraction of sp³-hybridized carbons (Fsp3) is 0.667. The van der Waals surface area contributed by atoms with E-state index in [0.29, 0.717) is 17.7 Å². The lowest BCUT2D eigenvalue weighted by Gasteiger charge is -2.28. The van der Waals surface area contributed by atoms with Crippen molar-refractivity contribution in [3.8, 4) is 0 Å². The maximum absolute atomic E-state index is 11.9. The molecule has 98 valence electrons. The van der Waals surface area contributed by atoms with Crippen molar-refractivity contribution in [1.82, 2.24) is 4.90 Å². The zero-order chi connectivity index (χ0) is 12.4. The fourth-order valence-corrected chi connectivity index (χ4v) is 4.24. The average Bonchev–Trinajstić information content (AvgIpc) is 3.06. The van der Waals surface area contributed by atoms with Crippen LogP contribution in [-0.2, 0) is 11.2 Å². The standard InChI is InChI=1S/C15H21NOS/c17-15-7-1-5-13(15)14-6-2-9-16(14)10-8-12-4-3-11-18-12/h3-4,11,13-14H,1-2,5-10H2. The Morgan fingerprint density at radius 2 is 2.28 bits per heavy atom. The van der Waals surface area contributed by atoms with Crippen molar-refractivity contribution in [3.05, 3.63) is 22.4 Å². The van der Waals surface area contributed by atoms with Gasteiger partial charge in [0.05, 0.1) is 0 Å². The van der Waals surface area contributed by atoms with Gasteiger partial charge in [0, 0.05) is 29.8 Å². The molecule has 1 saturated carbocycles. The third kappa shape index (κ3) is 2.52. The van der Waals surface area contributed by atoms with Crippen LogP contribution in [0.4, 0.5) is 0 Å². The summed E-state index contributed by atoms with van der Waals surface area (Å²) < 4.78 is 0. The number of ketones is 1. The van der Waals surface area contributed by atoms with Gasteiger partial charge in [0.2, 0.25) is 0 Å². The molecule has 2 aliphatic rings. The van der Waals surface area contributed by atoms with E-state index >= 15 is 0 Å². The number of hydrogen-bond donors (Lipinski definition) is 0. The molecule has 2 unspecified atom stereocenters. The smallest absolute Gasteiger partial charge is 0.137 e. The first-order valence-electron chi connectivity index (χ1n) is 7.14. The van der Waals surface area contributed by atoms with Gasteiger partial charge >= 0.3 is 0 Å². The molecule has 1 aliphatic carbocycles. The number of thiophene rings is 1. The first-order chi connectivity index (χ1) is 8.84. The summed E-state index contributed by atoms with van der Waals surface area (Å²) in [7, 11) is 0. The first-order valence-corrected chi connectivity index (χ1v) is 8.02. The summed E-state index contributed by atoms with van der Waals surface area (Å²) >= 11 is 1.85. The lowest BCUT2D eigenvalue weighted by Crippen LogP contribution is -2.38.